The molecule has 6 nitrogen and oxygen atoms in total. The second-order valence-electron chi connectivity index (χ2n) is 4.59. The Bertz CT molecular complexity index is 622. The van der Waals surface area contributed by atoms with E-state index in [1.807, 2.05) is 6.07 Å². The summed E-state index contributed by atoms with van der Waals surface area (Å²) in [5, 5.41) is 14.8. The number of aliphatic hydroxyl groups excluding tert-OH is 1. The highest BCUT2D eigenvalue weighted by Gasteiger charge is 2.16. The van der Waals surface area contributed by atoms with Crippen LogP contribution in [0.15, 0.2) is 48.7 Å². The van der Waals surface area contributed by atoms with Gasteiger partial charge in [0.25, 0.3) is 0 Å². The molecule has 21 heavy (non-hydrogen) atoms. The number of hydrogen-bond acceptors (Lipinski definition) is 3. The lowest BCUT2D eigenvalue weighted by Crippen LogP contribution is -2.37. The van der Waals surface area contributed by atoms with E-state index in [-0.39, 0.29) is 6.54 Å². The van der Waals surface area contributed by atoms with Gasteiger partial charge in [-0.25, -0.2) is 0 Å². The van der Waals surface area contributed by atoms with Crippen LogP contribution in [0.3, 0.4) is 0 Å². The monoisotopic (exact) mass is 287 g/mol. The number of para-hydroxylation sites is 1. The first-order valence-corrected chi connectivity index (χ1v) is 6.51. The third kappa shape index (κ3) is 3.93. The summed E-state index contributed by atoms with van der Waals surface area (Å²) in [5.74, 6) is -1.55. The molecule has 0 aliphatic carbocycles. The van der Waals surface area contributed by atoms with Crippen molar-refractivity contribution in [2.45, 2.75) is 6.10 Å². The van der Waals surface area contributed by atoms with Gasteiger partial charge in [-0.15, -0.1) is 0 Å². The number of nitrogens with zero attached hydrogens (tertiary/aromatic N) is 1. The Labute approximate surface area is 122 Å². The minimum Gasteiger partial charge on any atom is -0.385 e. The predicted molar refractivity (Wildman–Crippen MR) is 78.5 cm³/mol. The first kappa shape index (κ1) is 14.8. The number of aliphatic hydroxyl groups is 1. The van der Waals surface area contributed by atoms with Gasteiger partial charge in [0, 0.05) is 31.2 Å². The molecule has 2 aromatic rings. The van der Waals surface area contributed by atoms with Crippen LogP contribution in [-0.2, 0) is 16.6 Å². The third-order valence-corrected chi connectivity index (χ3v) is 3.02. The summed E-state index contributed by atoms with van der Waals surface area (Å²) in [7, 11) is 1.79. The minimum atomic E-state index is -0.863. The number of amides is 2. The average molecular weight is 287 g/mol. The lowest BCUT2D eigenvalue weighted by molar-refractivity contribution is -0.136. The molecule has 6 heteroatoms. The zero-order chi connectivity index (χ0) is 15.2. The van der Waals surface area contributed by atoms with Gasteiger partial charge in [-0.2, -0.15) is 0 Å². The van der Waals surface area contributed by atoms with Crippen LogP contribution in [0.2, 0.25) is 0 Å². The van der Waals surface area contributed by atoms with E-state index in [4.69, 9.17) is 0 Å². The fourth-order valence-corrected chi connectivity index (χ4v) is 1.90. The second-order valence-corrected chi connectivity index (χ2v) is 4.59. The SMILES string of the molecule is Cn1cccc1C(O)CNC(=O)C(=O)Nc1ccccc1. The van der Waals surface area contributed by atoms with Crippen LogP contribution in [0.5, 0.6) is 0 Å². The number of aryl methyl sites for hydroxylation is 1. The number of anilines is 1. The molecule has 2 amide bonds. The smallest absolute Gasteiger partial charge is 0.313 e. The van der Waals surface area contributed by atoms with Crippen molar-refractivity contribution in [3.8, 4) is 0 Å². The van der Waals surface area contributed by atoms with Crippen molar-refractivity contribution in [1.29, 1.82) is 0 Å². The van der Waals surface area contributed by atoms with E-state index in [9.17, 15) is 14.7 Å². The van der Waals surface area contributed by atoms with E-state index in [1.54, 1.807) is 54.2 Å². The Morgan fingerprint density at radius 3 is 2.48 bits per heavy atom. The largest absolute Gasteiger partial charge is 0.385 e. The lowest BCUT2D eigenvalue weighted by Gasteiger charge is -2.13. The van der Waals surface area contributed by atoms with Crippen LogP contribution >= 0.6 is 0 Å². The highest BCUT2D eigenvalue weighted by molar-refractivity contribution is 6.39. The maximum absolute atomic E-state index is 11.7. The molecule has 1 atom stereocenters. The number of hydrogen-bond donors (Lipinski definition) is 3. The van der Waals surface area contributed by atoms with Crippen LogP contribution < -0.4 is 10.6 Å². The summed E-state index contributed by atoms with van der Waals surface area (Å²) >= 11 is 0. The molecule has 110 valence electrons. The van der Waals surface area contributed by atoms with Gasteiger partial charge < -0.3 is 20.3 Å². The Hall–Kier alpha value is -2.60. The number of carbonyl (C=O) groups excluding carboxylic acids is 2. The topological polar surface area (TPSA) is 83.4 Å². The normalized spacial score (nSPS) is 11.7. The highest BCUT2D eigenvalue weighted by Crippen LogP contribution is 2.11. The zero-order valence-corrected chi connectivity index (χ0v) is 11.6. The standard InChI is InChI=1S/C15H17N3O3/c1-18-9-5-8-12(18)13(19)10-16-14(20)15(21)17-11-6-3-2-4-7-11/h2-9,13,19H,10H2,1H3,(H,16,20)(H,17,21). The molecule has 0 aliphatic heterocycles. The van der Waals surface area contributed by atoms with Gasteiger partial charge in [-0.05, 0) is 24.3 Å². The Kier molecular flexibility index (Phi) is 4.73. The van der Waals surface area contributed by atoms with Crippen LogP contribution in [0.4, 0.5) is 5.69 Å². The van der Waals surface area contributed by atoms with Gasteiger partial charge in [0.2, 0.25) is 0 Å². The van der Waals surface area contributed by atoms with Crippen LogP contribution in [0.1, 0.15) is 11.8 Å². The Morgan fingerprint density at radius 2 is 1.86 bits per heavy atom. The molecular weight excluding hydrogens is 270 g/mol. The highest BCUT2D eigenvalue weighted by atomic mass is 16.3. The van der Waals surface area contributed by atoms with Gasteiger partial charge in [-0.1, -0.05) is 18.2 Å². The summed E-state index contributed by atoms with van der Waals surface area (Å²) in [6.07, 6.45) is 0.932. The number of rotatable bonds is 4. The molecule has 0 fully saturated rings. The molecule has 0 spiro atoms. The van der Waals surface area contributed by atoms with Gasteiger partial charge in [0.1, 0.15) is 6.10 Å². The molecule has 1 unspecified atom stereocenters. The molecule has 2 rings (SSSR count). The Balaban J connectivity index is 1.84. The second kappa shape index (κ2) is 6.71. The first-order chi connectivity index (χ1) is 10.1. The van der Waals surface area contributed by atoms with Crippen LogP contribution in [-0.4, -0.2) is 28.0 Å². The molecule has 0 saturated heterocycles. The van der Waals surface area contributed by atoms with Gasteiger partial charge in [-0.3, -0.25) is 9.59 Å². The molecular formula is C15H17N3O3. The van der Waals surface area contributed by atoms with Gasteiger partial charge >= 0.3 is 11.8 Å². The maximum Gasteiger partial charge on any atom is 0.313 e. The van der Waals surface area contributed by atoms with E-state index in [1.165, 1.54) is 0 Å². The molecule has 1 aromatic heterocycles. The van der Waals surface area contributed by atoms with Crippen molar-refractivity contribution in [2.75, 3.05) is 11.9 Å². The number of aromatic nitrogens is 1. The zero-order valence-electron chi connectivity index (χ0n) is 11.6. The van der Waals surface area contributed by atoms with Crippen molar-refractivity contribution in [2.24, 2.45) is 7.05 Å². The quantitative estimate of drug-likeness (QED) is 0.728. The summed E-state index contributed by atoms with van der Waals surface area (Å²) in [6, 6.07) is 12.2. The minimum absolute atomic E-state index is 0.0289. The van der Waals surface area contributed by atoms with Crippen molar-refractivity contribution in [3.05, 3.63) is 54.4 Å². The van der Waals surface area contributed by atoms with Crippen molar-refractivity contribution < 1.29 is 14.7 Å². The van der Waals surface area contributed by atoms with Crippen LogP contribution in [0.25, 0.3) is 0 Å². The van der Waals surface area contributed by atoms with Gasteiger partial charge in [0.05, 0.1) is 0 Å². The maximum atomic E-state index is 11.7. The van der Waals surface area contributed by atoms with E-state index in [0.717, 1.165) is 0 Å². The van der Waals surface area contributed by atoms with Gasteiger partial charge in [0.15, 0.2) is 0 Å². The van der Waals surface area contributed by atoms with E-state index >= 15 is 0 Å². The summed E-state index contributed by atoms with van der Waals surface area (Å²) in [5.41, 5.74) is 1.21. The fourth-order valence-electron chi connectivity index (χ4n) is 1.90. The summed E-state index contributed by atoms with van der Waals surface area (Å²) in [6.45, 7) is -0.0289. The number of carbonyl (C=O) groups is 2. The summed E-state index contributed by atoms with van der Waals surface area (Å²) < 4.78 is 1.75. The summed E-state index contributed by atoms with van der Waals surface area (Å²) in [4.78, 5) is 23.3. The van der Waals surface area contributed by atoms with Crippen LogP contribution in [0, 0.1) is 0 Å². The van der Waals surface area contributed by atoms with Crippen molar-refractivity contribution in [1.82, 2.24) is 9.88 Å². The molecule has 1 aromatic carbocycles. The van der Waals surface area contributed by atoms with E-state index in [0.29, 0.717) is 11.4 Å². The average Bonchev–Trinajstić information content (AvgIpc) is 2.91. The van der Waals surface area contributed by atoms with Crippen molar-refractivity contribution in [3.63, 3.8) is 0 Å². The number of benzene rings is 1. The Morgan fingerprint density at radius 1 is 1.14 bits per heavy atom. The predicted octanol–water partition coefficient (Wildman–Crippen LogP) is 0.813. The molecule has 3 N–H and O–H groups in total. The molecule has 0 radical (unpaired) electrons. The first-order valence-electron chi connectivity index (χ1n) is 6.51. The molecule has 1 heterocycles. The third-order valence-electron chi connectivity index (χ3n) is 3.02. The fraction of sp³-hybridized carbons (Fsp3) is 0.200. The van der Waals surface area contributed by atoms with E-state index < -0.39 is 17.9 Å². The molecule has 0 aliphatic rings. The van der Waals surface area contributed by atoms with E-state index in [2.05, 4.69) is 10.6 Å². The van der Waals surface area contributed by atoms with Crippen molar-refractivity contribution >= 4 is 17.5 Å². The number of nitrogens with one attached hydrogen (secondary N) is 2. The molecule has 0 saturated carbocycles. The molecule has 0 bridgehead atoms. The lowest BCUT2D eigenvalue weighted by atomic mass is 10.2.